The third kappa shape index (κ3) is 4.13. The van der Waals surface area contributed by atoms with Gasteiger partial charge in [-0.15, -0.1) is 0 Å². The molecule has 9 rings (SSSR count). The van der Waals surface area contributed by atoms with Crippen LogP contribution in [-0.4, -0.2) is 4.57 Å². The maximum Gasteiger partial charge on any atom is 0.137 e. The predicted octanol–water partition coefficient (Wildman–Crippen LogP) is 11.8. The molecule has 45 heavy (non-hydrogen) atoms. The molecule has 3 nitrogen and oxygen atoms in total. The first-order valence-electron chi connectivity index (χ1n) is 15.3. The molecule has 2 heterocycles. The number of hydrogen-bond acceptors (Lipinski definition) is 2. The van der Waals surface area contributed by atoms with Crippen LogP contribution in [-0.2, 0) is 0 Å². The zero-order chi connectivity index (χ0) is 29.7. The fourth-order valence-corrected chi connectivity index (χ4v) is 6.76. The molecule has 2 aromatic heterocycles. The quantitative estimate of drug-likeness (QED) is 0.203. The molecule has 0 unspecified atom stereocenters. The highest BCUT2D eigenvalue weighted by molar-refractivity contribution is 6.14. The first kappa shape index (κ1) is 25.4. The van der Waals surface area contributed by atoms with Crippen LogP contribution in [0.4, 0.5) is 17.1 Å². The Kier molecular flexibility index (Phi) is 5.82. The number of fused-ring (bicyclic) bond motifs is 6. The minimum absolute atomic E-state index is 0.876. The molecule has 0 aliphatic rings. The third-order valence-electron chi connectivity index (χ3n) is 8.78. The standard InChI is InChI=1S/C42H28N2O/c1-3-12-29(13-4-1)30-22-24-32(25-23-30)43(39-19-11-21-41-42(39)35-17-8-10-20-40(35)45-41)33-26-27-38-36(28-33)34-16-7-9-18-37(34)44(38)31-14-5-2-6-15-31/h1-28H. The Balaban J connectivity index is 1.30. The van der Waals surface area contributed by atoms with Crippen LogP contribution in [0.3, 0.4) is 0 Å². The van der Waals surface area contributed by atoms with Gasteiger partial charge in [0, 0.05) is 33.2 Å². The van der Waals surface area contributed by atoms with Gasteiger partial charge in [0.25, 0.3) is 0 Å². The number of rotatable bonds is 5. The number of furan rings is 1. The van der Waals surface area contributed by atoms with Gasteiger partial charge in [-0.05, 0) is 77.9 Å². The van der Waals surface area contributed by atoms with E-state index in [1.54, 1.807) is 0 Å². The molecule has 0 bridgehead atoms. The van der Waals surface area contributed by atoms with Crippen molar-refractivity contribution in [2.45, 2.75) is 0 Å². The van der Waals surface area contributed by atoms with Gasteiger partial charge in [-0.1, -0.05) is 103 Å². The molecular formula is C42H28N2O. The van der Waals surface area contributed by atoms with Crippen molar-refractivity contribution in [3.63, 3.8) is 0 Å². The summed E-state index contributed by atoms with van der Waals surface area (Å²) in [5.41, 5.74) is 10.9. The second-order valence-electron chi connectivity index (χ2n) is 11.4. The number of nitrogens with zero attached hydrogens (tertiary/aromatic N) is 2. The lowest BCUT2D eigenvalue weighted by atomic mass is 10.0. The topological polar surface area (TPSA) is 21.3 Å². The number of para-hydroxylation sites is 3. The number of anilines is 3. The smallest absolute Gasteiger partial charge is 0.137 e. The maximum atomic E-state index is 6.34. The lowest BCUT2D eigenvalue weighted by Crippen LogP contribution is -2.10. The van der Waals surface area contributed by atoms with Crippen molar-refractivity contribution in [1.82, 2.24) is 4.57 Å². The molecule has 0 radical (unpaired) electrons. The van der Waals surface area contributed by atoms with Crippen LogP contribution >= 0.6 is 0 Å². The normalized spacial score (nSPS) is 11.6. The number of aromatic nitrogens is 1. The fourth-order valence-electron chi connectivity index (χ4n) is 6.76. The molecule has 212 valence electrons. The molecule has 0 aliphatic heterocycles. The van der Waals surface area contributed by atoms with Crippen molar-refractivity contribution in [3.8, 4) is 16.8 Å². The molecule has 0 fully saturated rings. The predicted molar refractivity (Wildman–Crippen MR) is 188 cm³/mol. The lowest BCUT2D eigenvalue weighted by Gasteiger charge is -2.26. The summed E-state index contributed by atoms with van der Waals surface area (Å²) in [4.78, 5) is 2.37. The zero-order valence-corrected chi connectivity index (χ0v) is 24.5. The molecule has 9 aromatic rings. The monoisotopic (exact) mass is 576 g/mol. The number of benzene rings is 7. The van der Waals surface area contributed by atoms with E-state index in [1.165, 1.54) is 32.9 Å². The maximum absolute atomic E-state index is 6.34. The average Bonchev–Trinajstić information content (AvgIpc) is 3.66. The zero-order valence-electron chi connectivity index (χ0n) is 24.5. The van der Waals surface area contributed by atoms with Gasteiger partial charge >= 0.3 is 0 Å². The average molecular weight is 577 g/mol. The van der Waals surface area contributed by atoms with Crippen LogP contribution in [0.1, 0.15) is 0 Å². The Morgan fingerprint density at radius 2 is 1.04 bits per heavy atom. The van der Waals surface area contributed by atoms with Gasteiger partial charge in [-0.2, -0.15) is 0 Å². The first-order chi connectivity index (χ1) is 22.3. The van der Waals surface area contributed by atoms with Crippen LogP contribution in [0.15, 0.2) is 174 Å². The van der Waals surface area contributed by atoms with Gasteiger partial charge < -0.3 is 13.9 Å². The Bertz CT molecular complexity index is 2470. The van der Waals surface area contributed by atoms with E-state index in [2.05, 4.69) is 167 Å². The van der Waals surface area contributed by atoms with Crippen LogP contribution in [0, 0.1) is 0 Å². The van der Waals surface area contributed by atoms with Gasteiger partial charge in [0.15, 0.2) is 0 Å². The summed E-state index contributed by atoms with van der Waals surface area (Å²) in [5.74, 6) is 0. The molecule has 0 spiro atoms. The SMILES string of the molecule is c1ccc(-c2ccc(N(c3ccc4c(c3)c3ccccc3n4-c3ccccc3)c3cccc4oc5ccccc5c34)cc2)cc1. The van der Waals surface area contributed by atoms with E-state index in [4.69, 9.17) is 4.42 Å². The Morgan fingerprint density at radius 3 is 1.87 bits per heavy atom. The molecule has 0 saturated carbocycles. The van der Waals surface area contributed by atoms with Crippen molar-refractivity contribution in [3.05, 3.63) is 170 Å². The fraction of sp³-hybridized carbons (Fsp3) is 0. The number of hydrogen-bond donors (Lipinski definition) is 0. The van der Waals surface area contributed by atoms with Gasteiger partial charge in [-0.3, -0.25) is 0 Å². The van der Waals surface area contributed by atoms with Crippen LogP contribution in [0.5, 0.6) is 0 Å². The largest absolute Gasteiger partial charge is 0.456 e. The third-order valence-corrected chi connectivity index (χ3v) is 8.78. The van der Waals surface area contributed by atoms with Crippen molar-refractivity contribution >= 4 is 60.8 Å². The highest BCUT2D eigenvalue weighted by Gasteiger charge is 2.21. The van der Waals surface area contributed by atoms with Crippen molar-refractivity contribution in [2.24, 2.45) is 0 Å². The van der Waals surface area contributed by atoms with E-state index in [9.17, 15) is 0 Å². The van der Waals surface area contributed by atoms with Gasteiger partial charge in [0.1, 0.15) is 11.2 Å². The lowest BCUT2D eigenvalue weighted by molar-refractivity contribution is 0.669. The molecule has 7 aromatic carbocycles. The van der Waals surface area contributed by atoms with Gasteiger partial charge in [0.2, 0.25) is 0 Å². The summed E-state index contributed by atoms with van der Waals surface area (Å²) in [5, 5.41) is 4.65. The minimum atomic E-state index is 0.876. The van der Waals surface area contributed by atoms with E-state index >= 15 is 0 Å². The van der Waals surface area contributed by atoms with Gasteiger partial charge in [-0.25, -0.2) is 0 Å². The summed E-state index contributed by atoms with van der Waals surface area (Å²) < 4.78 is 8.70. The second kappa shape index (κ2) is 10.3. The summed E-state index contributed by atoms with van der Waals surface area (Å²) in [7, 11) is 0. The highest BCUT2D eigenvalue weighted by Crippen LogP contribution is 2.44. The highest BCUT2D eigenvalue weighted by atomic mass is 16.3. The summed E-state index contributed by atoms with van der Waals surface area (Å²) in [6.45, 7) is 0. The van der Waals surface area contributed by atoms with E-state index in [1.807, 2.05) is 12.1 Å². The van der Waals surface area contributed by atoms with Crippen LogP contribution < -0.4 is 4.90 Å². The van der Waals surface area contributed by atoms with Crippen molar-refractivity contribution < 1.29 is 4.42 Å². The Morgan fingerprint density at radius 1 is 0.422 bits per heavy atom. The van der Waals surface area contributed by atoms with Crippen LogP contribution in [0.2, 0.25) is 0 Å². The van der Waals surface area contributed by atoms with Gasteiger partial charge in [0.05, 0.1) is 22.1 Å². The van der Waals surface area contributed by atoms with E-state index in [-0.39, 0.29) is 0 Å². The van der Waals surface area contributed by atoms with Crippen molar-refractivity contribution in [2.75, 3.05) is 4.90 Å². The molecule has 0 atom stereocenters. The first-order valence-corrected chi connectivity index (χ1v) is 15.3. The van der Waals surface area contributed by atoms with E-state index in [0.717, 1.165) is 44.7 Å². The van der Waals surface area contributed by atoms with E-state index in [0.29, 0.717) is 0 Å². The summed E-state index contributed by atoms with van der Waals surface area (Å²) in [6.07, 6.45) is 0. The Labute approximate surface area is 260 Å². The molecule has 0 saturated heterocycles. The molecular weight excluding hydrogens is 548 g/mol. The minimum Gasteiger partial charge on any atom is -0.456 e. The molecule has 3 heteroatoms. The van der Waals surface area contributed by atoms with Crippen LogP contribution in [0.25, 0.3) is 60.6 Å². The van der Waals surface area contributed by atoms with E-state index < -0.39 is 0 Å². The molecule has 0 aliphatic carbocycles. The van der Waals surface area contributed by atoms with Crippen molar-refractivity contribution in [1.29, 1.82) is 0 Å². The summed E-state index contributed by atoms with van der Waals surface area (Å²) in [6, 6.07) is 60.2. The molecule has 0 amide bonds. The molecule has 0 N–H and O–H groups in total. The summed E-state index contributed by atoms with van der Waals surface area (Å²) >= 11 is 0. The Hall–Kier alpha value is -6.06. The second-order valence-corrected chi connectivity index (χ2v) is 11.4.